The van der Waals surface area contributed by atoms with E-state index in [0.29, 0.717) is 22.5 Å². The molecule has 0 bridgehead atoms. The zero-order valence-electron chi connectivity index (χ0n) is 15.9. The number of likely N-dealkylation sites (N-methyl/N-ethyl adjacent to an activating group) is 1. The van der Waals surface area contributed by atoms with Crippen molar-refractivity contribution in [1.29, 1.82) is 0 Å². The standard InChI is InChI=1S/C20H25FN4O3/c1-2-23-7-9-24(10-8-23)19-5-3-15(11-17(19)21)13-22-18-12-16(14-26)4-6-20(18)25(27)28/h3-6,11-12,22,26H,2,7-10,13-14H2,1H3. The molecule has 28 heavy (non-hydrogen) atoms. The Kier molecular flexibility index (Phi) is 6.43. The van der Waals surface area contributed by atoms with Gasteiger partial charge < -0.3 is 20.2 Å². The van der Waals surface area contributed by atoms with E-state index < -0.39 is 4.92 Å². The lowest BCUT2D eigenvalue weighted by molar-refractivity contribution is -0.384. The third-order valence-electron chi connectivity index (χ3n) is 5.10. The Labute approximate surface area is 163 Å². The number of nitrogens with one attached hydrogen (secondary N) is 1. The molecule has 8 heteroatoms. The van der Waals surface area contributed by atoms with Gasteiger partial charge in [-0.25, -0.2) is 4.39 Å². The second-order valence-corrected chi connectivity index (χ2v) is 6.83. The number of nitro benzene ring substituents is 1. The molecule has 0 unspecified atom stereocenters. The average Bonchev–Trinajstić information content (AvgIpc) is 2.72. The van der Waals surface area contributed by atoms with Crippen molar-refractivity contribution < 1.29 is 14.4 Å². The zero-order chi connectivity index (χ0) is 20.1. The topological polar surface area (TPSA) is 81.9 Å². The third kappa shape index (κ3) is 4.58. The number of nitrogens with zero attached hydrogens (tertiary/aromatic N) is 3. The number of hydrogen-bond acceptors (Lipinski definition) is 6. The largest absolute Gasteiger partial charge is 0.392 e. The Morgan fingerprint density at radius 1 is 1.14 bits per heavy atom. The highest BCUT2D eigenvalue weighted by Gasteiger charge is 2.19. The molecule has 7 nitrogen and oxygen atoms in total. The summed E-state index contributed by atoms with van der Waals surface area (Å²) in [5.41, 5.74) is 2.07. The summed E-state index contributed by atoms with van der Waals surface area (Å²) in [4.78, 5) is 15.1. The second kappa shape index (κ2) is 8.99. The molecule has 1 aliphatic heterocycles. The van der Waals surface area contributed by atoms with E-state index in [9.17, 15) is 19.6 Å². The molecule has 0 amide bonds. The van der Waals surface area contributed by atoms with E-state index in [4.69, 9.17) is 0 Å². The average molecular weight is 388 g/mol. The smallest absolute Gasteiger partial charge is 0.292 e. The predicted molar refractivity (Wildman–Crippen MR) is 107 cm³/mol. The number of aliphatic hydroxyl groups is 1. The van der Waals surface area contributed by atoms with Gasteiger partial charge in [0.1, 0.15) is 11.5 Å². The number of halogens is 1. The van der Waals surface area contributed by atoms with Crippen LogP contribution in [0.25, 0.3) is 0 Å². The number of benzene rings is 2. The molecular formula is C20H25FN4O3. The van der Waals surface area contributed by atoms with Crippen LogP contribution in [0.15, 0.2) is 36.4 Å². The summed E-state index contributed by atoms with van der Waals surface area (Å²) in [5.74, 6) is -0.289. The van der Waals surface area contributed by atoms with Crippen molar-refractivity contribution in [2.45, 2.75) is 20.1 Å². The Morgan fingerprint density at radius 2 is 1.86 bits per heavy atom. The highest BCUT2D eigenvalue weighted by atomic mass is 19.1. The molecule has 2 N–H and O–H groups in total. The van der Waals surface area contributed by atoms with Gasteiger partial charge in [-0.3, -0.25) is 10.1 Å². The number of rotatable bonds is 7. The molecule has 1 heterocycles. The summed E-state index contributed by atoms with van der Waals surface area (Å²) in [5, 5.41) is 23.4. The number of aliphatic hydroxyl groups excluding tert-OH is 1. The first-order valence-corrected chi connectivity index (χ1v) is 9.39. The monoisotopic (exact) mass is 388 g/mol. The fraction of sp³-hybridized carbons (Fsp3) is 0.400. The van der Waals surface area contributed by atoms with Crippen molar-refractivity contribution in [3.8, 4) is 0 Å². The molecule has 0 spiro atoms. The molecule has 1 aliphatic rings. The van der Waals surface area contributed by atoms with Crippen molar-refractivity contribution in [1.82, 2.24) is 4.90 Å². The first kappa shape index (κ1) is 20.0. The Bertz CT molecular complexity index is 838. The van der Waals surface area contributed by atoms with Crippen LogP contribution in [0.1, 0.15) is 18.1 Å². The number of anilines is 2. The summed E-state index contributed by atoms with van der Waals surface area (Å²) < 4.78 is 14.6. The van der Waals surface area contributed by atoms with E-state index in [1.165, 1.54) is 24.3 Å². The van der Waals surface area contributed by atoms with Crippen LogP contribution in [0, 0.1) is 15.9 Å². The first-order valence-electron chi connectivity index (χ1n) is 9.39. The fourth-order valence-corrected chi connectivity index (χ4v) is 3.40. The zero-order valence-corrected chi connectivity index (χ0v) is 15.9. The maximum atomic E-state index is 14.6. The molecule has 0 atom stereocenters. The number of piperazine rings is 1. The van der Waals surface area contributed by atoms with Gasteiger partial charge in [-0.2, -0.15) is 0 Å². The van der Waals surface area contributed by atoms with Gasteiger partial charge in [0.15, 0.2) is 0 Å². The summed E-state index contributed by atoms with van der Waals surface area (Å²) >= 11 is 0. The van der Waals surface area contributed by atoms with Crippen LogP contribution in [0.3, 0.4) is 0 Å². The third-order valence-corrected chi connectivity index (χ3v) is 5.10. The van der Waals surface area contributed by atoms with Gasteiger partial charge in [0.05, 0.1) is 17.2 Å². The fourth-order valence-electron chi connectivity index (χ4n) is 3.40. The van der Waals surface area contributed by atoms with Gasteiger partial charge in [0.25, 0.3) is 5.69 Å². The van der Waals surface area contributed by atoms with Crippen molar-refractivity contribution in [2.75, 3.05) is 42.9 Å². The van der Waals surface area contributed by atoms with E-state index in [0.717, 1.165) is 32.7 Å². The molecule has 2 aromatic rings. The van der Waals surface area contributed by atoms with Crippen molar-refractivity contribution >= 4 is 17.1 Å². The Hall–Kier alpha value is -2.71. The van der Waals surface area contributed by atoms with Crippen LogP contribution in [-0.2, 0) is 13.2 Å². The van der Waals surface area contributed by atoms with E-state index in [1.54, 1.807) is 6.07 Å². The van der Waals surface area contributed by atoms with Crippen LogP contribution in [-0.4, -0.2) is 47.7 Å². The molecule has 0 saturated carbocycles. The SMILES string of the molecule is CCN1CCN(c2ccc(CNc3cc(CO)ccc3[N+](=O)[O-])cc2F)CC1. The highest BCUT2D eigenvalue weighted by molar-refractivity contribution is 5.63. The molecule has 1 saturated heterocycles. The van der Waals surface area contributed by atoms with Gasteiger partial charge in [-0.05, 0) is 41.9 Å². The second-order valence-electron chi connectivity index (χ2n) is 6.83. The molecule has 150 valence electrons. The minimum absolute atomic E-state index is 0.0805. The number of hydrogen-bond donors (Lipinski definition) is 2. The molecule has 1 fully saturated rings. The Balaban J connectivity index is 1.69. The normalized spacial score (nSPS) is 14.9. The maximum absolute atomic E-state index is 14.6. The lowest BCUT2D eigenvalue weighted by Crippen LogP contribution is -2.46. The van der Waals surface area contributed by atoms with Gasteiger partial charge in [-0.1, -0.05) is 13.0 Å². The molecule has 0 radical (unpaired) electrons. The highest BCUT2D eigenvalue weighted by Crippen LogP contribution is 2.27. The van der Waals surface area contributed by atoms with Crippen molar-refractivity contribution in [3.63, 3.8) is 0 Å². The van der Waals surface area contributed by atoms with Gasteiger partial charge in [-0.15, -0.1) is 0 Å². The van der Waals surface area contributed by atoms with E-state index in [2.05, 4.69) is 17.1 Å². The quantitative estimate of drug-likeness (QED) is 0.561. The predicted octanol–water partition coefficient (Wildman–Crippen LogP) is 2.98. The van der Waals surface area contributed by atoms with Crippen molar-refractivity contribution in [3.05, 3.63) is 63.5 Å². The molecule has 3 rings (SSSR count). The minimum atomic E-state index is -0.483. The maximum Gasteiger partial charge on any atom is 0.292 e. The lowest BCUT2D eigenvalue weighted by Gasteiger charge is -2.35. The minimum Gasteiger partial charge on any atom is -0.392 e. The van der Waals surface area contributed by atoms with Gasteiger partial charge in [0, 0.05) is 38.8 Å². The number of nitro groups is 1. The Morgan fingerprint density at radius 3 is 2.46 bits per heavy atom. The van der Waals surface area contributed by atoms with Gasteiger partial charge in [0.2, 0.25) is 0 Å². The summed E-state index contributed by atoms with van der Waals surface area (Å²) in [6.45, 7) is 6.60. The van der Waals surface area contributed by atoms with Gasteiger partial charge >= 0.3 is 0 Å². The van der Waals surface area contributed by atoms with Crippen LogP contribution >= 0.6 is 0 Å². The molecule has 0 aromatic heterocycles. The summed E-state index contributed by atoms with van der Waals surface area (Å²) in [7, 11) is 0. The molecule has 2 aromatic carbocycles. The van der Waals surface area contributed by atoms with Crippen molar-refractivity contribution in [2.24, 2.45) is 0 Å². The van der Waals surface area contributed by atoms with Crippen LogP contribution in [0.4, 0.5) is 21.5 Å². The van der Waals surface area contributed by atoms with Crippen LogP contribution < -0.4 is 10.2 Å². The lowest BCUT2D eigenvalue weighted by atomic mass is 10.1. The summed E-state index contributed by atoms with van der Waals surface area (Å²) in [6, 6.07) is 9.47. The van der Waals surface area contributed by atoms with Crippen LogP contribution in [0.5, 0.6) is 0 Å². The van der Waals surface area contributed by atoms with E-state index in [-0.39, 0.29) is 24.7 Å². The molecular weight excluding hydrogens is 363 g/mol. The molecule has 0 aliphatic carbocycles. The van der Waals surface area contributed by atoms with E-state index >= 15 is 0 Å². The van der Waals surface area contributed by atoms with E-state index in [1.807, 2.05) is 11.0 Å². The van der Waals surface area contributed by atoms with Crippen LogP contribution in [0.2, 0.25) is 0 Å². The summed E-state index contributed by atoms with van der Waals surface area (Å²) in [6.07, 6.45) is 0. The first-order chi connectivity index (χ1) is 13.5.